The fourth-order valence-electron chi connectivity index (χ4n) is 2.32. The summed E-state index contributed by atoms with van der Waals surface area (Å²) in [4.78, 5) is 2.55. The summed E-state index contributed by atoms with van der Waals surface area (Å²) < 4.78 is 5.67. The van der Waals surface area contributed by atoms with Gasteiger partial charge in [0.25, 0.3) is 0 Å². The van der Waals surface area contributed by atoms with Crippen LogP contribution in [0.3, 0.4) is 0 Å². The van der Waals surface area contributed by atoms with Crippen LogP contribution in [0.25, 0.3) is 0 Å². The van der Waals surface area contributed by atoms with Gasteiger partial charge in [-0.3, -0.25) is 4.90 Å². The molecule has 0 saturated carbocycles. The number of nitrogens with zero attached hydrogens (tertiary/aromatic N) is 1. The molecule has 2 N–H and O–H groups in total. The highest BCUT2D eigenvalue weighted by atomic mass is 16.5. The first-order valence-electron chi connectivity index (χ1n) is 6.80. The minimum absolute atomic E-state index is 0.468. The van der Waals surface area contributed by atoms with Crippen LogP contribution in [0.1, 0.15) is 39.5 Å². The zero-order chi connectivity index (χ0) is 11.8. The van der Waals surface area contributed by atoms with E-state index in [2.05, 4.69) is 18.7 Å². The van der Waals surface area contributed by atoms with Crippen LogP contribution >= 0.6 is 0 Å². The fourth-order valence-corrected chi connectivity index (χ4v) is 2.32. The lowest BCUT2D eigenvalue weighted by Crippen LogP contribution is -2.42. The number of nitrogens with two attached hydrogens (primary N) is 1. The number of ether oxygens (including phenoxy) is 1. The minimum atomic E-state index is 0.468. The van der Waals surface area contributed by atoms with Crippen LogP contribution in [0.15, 0.2) is 0 Å². The van der Waals surface area contributed by atoms with Gasteiger partial charge in [-0.1, -0.05) is 13.8 Å². The van der Waals surface area contributed by atoms with Crippen LogP contribution in [0, 0.1) is 5.92 Å². The Bertz CT molecular complexity index is 175. The second-order valence-corrected chi connectivity index (χ2v) is 5.03. The lowest BCUT2D eigenvalue weighted by molar-refractivity contribution is -0.0301. The van der Waals surface area contributed by atoms with E-state index in [0.717, 1.165) is 38.6 Å². The standard InChI is InChI=1S/C13H28N2O/c1-3-13-11-15(9-10-16-13)8-4-5-12(2)6-7-14/h12-13H,3-11,14H2,1-2H3. The molecule has 96 valence electrons. The first-order chi connectivity index (χ1) is 7.76. The summed E-state index contributed by atoms with van der Waals surface area (Å²) in [5, 5.41) is 0. The second-order valence-electron chi connectivity index (χ2n) is 5.03. The van der Waals surface area contributed by atoms with Gasteiger partial charge in [0.1, 0.15) is 0 Å². The molecule has 3 heteroatoms. The van der Waals surface area contributed by atoms with Crippen molar-refractivity contribution in [2.45, 2.75) is 45.6 Å². The molecule has 0 aromatic heterocycles. The number of morpholine rings is 1. The van der Waals surface area contributed by atoms with Gasteiger partial charge in [0.15, 0.2) is 0 Å². The van der Waals surface area contributed by atoms with E-state index in [1.807, 2.05) is 0 Å². The lowest BCUT2D eigenvalue weighted by Gasteiger charge is -2.32. The Balaban J connectivity index is 2.08. The summed E-state index contributed by atoms with van der Waals surface area (Å²) >= 11 is 0. The quantitative estimate of drug-likeness (QED) is 0.723. The van der Waals surface area contributed by atoms with Crippen molar-refractivity contribution in [1.29, 1.82) is 0 Å². The van der Waals surface area contributed by atoms with Crippen molar-refractivity contribution in [1.82, 2.24) is 4.90 Å². The molecule has 3 nitrogen and oxygen atoms in total. The zero-order valence-corrected chi connectivity index (χ0v) is 11.0. The maximum absolute atomic E-state index is 5.67. The van der Waals surface area contributed by atoms with E-state index in [-0.39, 0.29) is 0 Å². The molecule has 0 aromatic rings. The Kier molecular flexibility index (Phi) is 7.01. The molecular formula is C13H28N2O. The number of rotatable bonds is 7. The van der Waals surface area contributed by atoms with Gasteiger partial charge in [-0.25, -0.2) is 0 Å². The van der Waals surface area contributed by atoms with Crippen LogP contribution in [0.5, 0.6) is 0 Å². The van der Waals surface area contributed by atoms with Crippen LogP contribution in [0.2, 0.25) is 0 Å². The predicted octanol–water partition coefficient (Wildman–Crippen LogP) is 1.86. The second kappa shape index (κ2) is 8.04. The Hall–Kier alpha value is -0.120. The monoisotopic (exact) mass is 228 g/mol. The largest absolute Gasteiger partial charge is 0.376 e. The SMILES string of the molecule is CCC1CN(CCCC(C)CCN)CCO1. The smallest absolute Gasteiger partial charge is 0.0700 e. The highest BCUT2D eigenvalue weighted by Gasteiger charge is 2.18. The molecule has 0 spiro atoms. The molecule has 1 aliphatic heterocycles. The molecule has 0 amide bonds. The van der Waals surface area contributed by atoms with Gasteiger partial charge in [0.2, 0.25) is 0 Å². The van der Waals surface area contributed by atoms with Crippen molar-refractivity contribution < 1.29 is 4.74 Å². The van der Waals surface area contributed by atoms with E-state index in [4.69, 9.17) is 10.5 Å². The Labute approximate surface area is 100 Å². The number of hydrogen-bond donors (Lipinski definition) is 1. The third-order valence-corrected chi connectivity index (χ3v) is 3.51. The Morgan fingerprint density at radius 3 is 2.94 bits per heavy atom. The van der Waals surface area contributed by atoms with Crippen molar-refractivity contribution in [3.63, 3.8) is 0 Å². The molecule has 0 aliphatic carbocycles. The third kappa shape index (κ3) is 5.28. The Morgan fingerprint density at radius 2 is 2.25 bits per heavy atom. The summed E-state index contributed by atoms with van der Waals surface area (Å²) in [7, 11) is 0. The van der Waals surface area contributed by atoms with Crippen LogP contribution in [-0.4, -0.2) is 43.8 Å². The summed E-state index contributed by atoms with van der Waals surface area (Å²) in [5.41, 5.74) is 5.55. The molecule has 1 rings (SSSR count). The maximum atomic E-state index is 5.67. The average molecular weight is 228 g/mol. The van der Waals surface area contributed by atoms with Crippen molar-refractivity contribution in [2.24, 2.45) is 11.7 Å². The van der Waals surface area contributed by atoms with Crippen molar-refractivity contribution >= 4 is 0 Å². The van der Waals surface area contributed by atoms with Crippen molar-refractivity contribution in [3.8, 4) is 0 Å². The van der Waals surface area contributed by atoms with Crippen LogP contribution in [-0.2, 0) is 4.74 Å². The first-order valence-corrected chi connectivity index (χ1v) is 6.80. The molecule has 2 atom stereocenters. The van der Waals surface area contributed by atoms with Crippen LogP contribution in [0.4, 0.5) is 0 Å². The molecule has 0 aromatic carbocycles. The van der Waals surface area contributed by atoms with E-state index in [1.54, 1.807) is 0 Å². The van der Waals surface area contributed by atoms with E-state index >= 15 is 0 Å². The summed E-state index contributed by atoms with van der Waals surface area (Å²) in [5.74, 6) is 0.785. The van der Waals surface area contributed by atoms with Gasteiger partial charge >= 0.3 is 0 Å². The molecule has 1 fully saturated rings. The molecule has 2 unspecified atom stereocenters. The molecule has 16 heavy (non-hydrogen) atoms. The highest BCUT2D eigenvalue weighted by Crippen LogP contribution is 2.12. The maximum Gasteiger partial charge on any atom is 0.0700 e. The highest BCUT2D eigenvalue weighted by molar-refractivity contribution is 4.70. The van der Waals surface area contributed by atoms with Gasteiger partial charge in [-0.05, 0) is 44.7 Å². The summed E-state index contributed by atoms with van der Waals surface area (Å²) in [6, 6.07) is 0. The fraction of sp³-hybridized carbons (Fsp3) is 1.00. The van der Waals surface area contributed by atoms with Crippen LogP contribution < -0.4 is 5.73 Å². The zero-order valence-electron chi connectivity index (χ0n) is 11.0. The third-order valence-electron chi connectivity index (χ3n) is 3.51. The summed E-state index contributed by atoms with van der Waals surface area (Å²) in [6.07, 6.45) is 5.39. The molecule has 0 radical (unpaired) electrons. The van der Waals surface area contributed by atoms with Gasteiger partial charge in [-0.15, -0.1) is 0 Å². The molecule has 0 bridgehead atoms. The summed E-state index contributed by atoms with van der Waals surface area (Å²) in [6.45, 7) is 9.73. The van der Waals surface area contributed by atoms with E-state index in [1.165, 1.54) is 25.8 Å². The normalized spacial score (nSPS) is 24.6. The van der Waals surface area contributed by atoms with Gasteiger partial charge in [0, 0.05) is 13.1 Å². The van der Waals surface area contributed by atoms with Gasteiger partial charge in [0.05, 0.1) is 12.7 Å². The topological polar surface area (TPSA) is 38.5 Å². The number of hydrogen-bond acceptors (Lipinski definition) is 3. The Morgan fingerprint density at radius 1 is 1.44 bits per heavy atom. The van der Waals surface area contributed by atoms with Gasteiger partial charge in [-0.2, -0.15) is 0 Å². The van der Waals surface area contributed by atoms with Gasteiger partial charge < -0.3 is 10.5 Å². The van der Waals surface area contributed by atoms with E-state index < -0.39 is 0 Å². The van der Waals surface area contributed by atoms with E-state index in [0.29, 0.717) is 6.10 Å². The molecule has 1 aliphatic rings. The lowest BCUT2D eigenvalue weighted by atomic mass is 10.0. The first kappa shape index (κ1) is 13.9. The minimum Gasteiger partial charge on any atom is -0.376 e. The molecule has 1 saturated heterocycles. The molecule has 1 heterocycles. The molecular weight excluding hydrogens is 200 g/mol. The van der Waals surface area contributed by atoms with Crippen molar-refractivity contribution in [2.75, 3.05) is 32.8 Å². The van der Waals surface area contributed by atoms with E-state index in [9.17, 15) is 0 Å². The predicted molar refractivity (Wildman–Crippen MR) is 68.5 cm³/mol. The van der Waals surface area contributed by atoms with Crippen molar-refractivity contribution in [3.05, 3.63) is 0 Å². The average Bonchev–Trinajstić information content (AvgIpc) is 2.30.